The summed E-state index contributed by atoms with van der Waals surface area (Å²) in [4.78, 5) is 35.8. The zero-order chi connectivity index (χ0) is 20.8. The van der Waals surface area contributed by atoms with Crippen LogP contribution in [0.15, 0.2) is 36.5 Å². The highest BCUT2D eigenvalue weighted by molar-refractivity contribution is 7.20. The third-order valence-electron chi connectivity index (χ3n) is 4.35. The molecule has 9 heteroatoms. The molecule has 152 valence electrons. The van der Waals surface area contributed by atoms with Gasteiger partial charge in [0.25, 0.3) is 5.91 Å². The molecule has 0 aliphatic rings. The van der Waals surface area contributed by atoms with Gasteiger partial charge in [0.15, 0.2) is 5.82 Å². The van der Waals surface area contributed by atoms with Crippen molar-refractivity contribution in [2.45, 2.75) is 6.92 Å². The molecule has 0 fully saturated rings. The van der Waals surface area contributed by atoms with Gasteiger partial charge in [-0.1, -0.05) is 19.1 Å². The molecule has 0 spiro atoms. The number of primary amides is 1. The van der Waals surface area contributed by atoms with Crippen LogP contribution in [-0.4, -0.2) is 60.0 Å². The van der Waals surface area contributed by atoms with E-state index in [0.29, 0.717) is 34.4 Å². The minimum atomic E-state index is -0.481. The van der Waals surface area contributed by atoms with Crippen LogP contribution in [0.1, 0.15) is 16.6 Å². The maximum absolute atomic E-state index is 12.4. The Hall–Kier alpha value is -2.88. The fraction of sp³-hybridized carbons (Fsp3) is 0.300. The van der Waals surface area contributed by atoms with Crippen LogP contribution in [0.2, 0.25) is 0 Å². The number of nitrogens with one attached hydrogen (secondary N) is 1. The molecule has 2 amide bonds. The summed E-state index contributed by atoms with van der Waals surface area (Å²) in [6, 6.07) is 9.04. The molecule has 0 unspecified atom stereocenters. The van der Waals surface area contributed by atoms with E-state index < -0.39 is 5.91 Å². The highest BCUT2D eigenvalue weighted by atomic mass is 32.1. The van der Waals surface area contributed by atoms with Crippen LogP contribution >= 0.6 is 11.3 Å². The molecular weight excluding hydrogens is 390 g/mol. The lowest BCUT2D eigenvalue weighted by molar-refractivity contribution is -0.117. The summed E-state index contributed by atoms with van der Waals surface area (Å²) in [5.41, 5.74) is 6.78. The normalized spacial score (nSPS) is 11.1. The quantitative estimate of drug-likeness (QED) is 0.557. The molecule has 2 aromatic heterocycles. The number of benzene rings is 1. The zero-order valence-corrected chi connectivity index (χ0v) is 17.2. The number of ether oxygens (including phenoxy) is 1. The highest BCUT2D eigenvalue weighted by Crippen LogP contribution is 2.26. The number of aromatic nitrogens is 2. The van der Waals surface area contributed by atoms with Crippen molar-refractivity contribution in [2.75, 3.05) is 38.7 Å². The molecule has 2 heterocycles. The minimum Gasteiger partial charge on any atom is -0.383 e. The summed E-state index contributed by atoms with van der Waals surface area (Å²) < 4.78 is 5.07. The number of hydrogen-bond acceptors (Lipinski definition) is 7. The van der Waals surface area contributed by atoms with Crippen molar-refractivity contribution in [3.05, 3.63) is 41.4 Å². The molecule has 0 bridgehead atoms. The molecule has 3 rings (SSSR count). The maximum Gasteiger partial charge on any atom is 0.258 e. The lowest BCUT2D eigenvalue weighted by Gasteiger charge is -2.19. The highest BCUT2D eigenvalue weighted by Gasteiger charge is 2.12. The molecule has 3 N–H and O–H groups in total. The van der Waals surface area contributed by atoms with Gasteiger partial charge in [-0.15, -0.1) is 11.3 Å². The summed E-state index contributed by atoms with van der Waals surface area (Å²) in [6.07, 6.45) is 1.67. The van der Waals surface area contributed by atoms with E-state index in [-0.39, 0.29) is 12.5 Å². The molecule has 3 aromatic rings. The number of thiophene rings is 1. The van der Waals surface area contributed by atoms with E-state index in [0.717, 1.165) is 17.5 Å². The first-order valence-electron chi connectivity index (χ1n) is 9.18. The Morgan fingerprint density at radius 2 is 2.14 bits per heavy atom. The lowest BCUT2D eigenvalue weighted by Crippen LogP contribution is -2.35. The Morgan fingerprint density at radius 1 is 1.31 bits per heavy atom. The number of nitrogens with zero attached hydrogens (tertiary/aromatic N) is 3. The van der Waals surface area contributed by atoms with E-state index in [1.54, 1.807) is 19.4 Å². The van der Waals surface area contributed by atoms with Crippen LogP contribution < -0.4 is 11.1 Å². The molecule has 0 aliphatic heterocycles. The van der Waals surface area contributed by atoms with Crippen molar-refractivity contribution in [3.8, 4) is 11.4 Å². The number of fused-ring (bicyclic) bond motifs is 1. The topological polar surface area (TPSA) is 110 Å². The molecule has 1 aromatic carbocycles. The lowest BCUT2D eigenvalue weighted by atomic mass is 10.2. The van der Waals surface area contributed by atoms with Crippen molar-refractivity contribution in [2.24, 2.45) is 5.73 Å². The van der Waals surface area contributed by atoms with Gasteiger partial charge in [-0.2, -0.15) is 0 Å². The van der Waals surface area contributed by atoms with Crippen LogP contribution in [-0.2, 0) is 9.53 Å². The van der Waals surface area contributed by atoms with Gasteiger partial charge in [-0.25, -0.2) is 9.97 Å². The molecule has 29 heavy (non-hydrogen) atoms. The molecule has 0 radical (unpaired) electrons. The maximum atomic E-state index is 12.4. The Balaban J connectivity index is 1.74. The van der Waals surface area contributed by atoms with Gasteiger partial charge in [0.2, 0.25) is 5.91 Å². The first-order valence-corrected chi connectivity index (χ1v) is 9.99. The number of likely N-dealkylation sites (N-methyl/N-ethyl adjacent to an activating group) is 1. The van der Waals surface area contributed by atoms with Crippen molar-refractivity contribution in [1.82, 2.24) is 14.9 Å². The number of amides is 2. The van der Waals surface area contributed by atoms with Crippen LogP contribution in [0.5, 0.6) is 0 Å². The van der Waals surface area contributed by atoms with Gasteiger partial charge in [0, 0.05) is 36.5 Å². The number of anilines is 1. The van der Waals surface area contributed by atoms with Crippen molar-refractivity contribution < 1.29 is 14.3 Å². The van der Waals surface area contributed by atoms with Crippen molar-refractivity contribution in [3.63, 3.8) is 0 Å². The van der Waals surface area contributed by atoms with Gasteiger partial charge < -0.3 is 15.8 Å². The minimum absolute atomic E-state index is 0.0965. The standard InChI is InChI=1S/C20H23N5O3S/c1-3-25(7-8-28-2)12-17(26)23-15-6-4-5-13(9-15)19-22-11-14-10-16(18(21)27)29-20(14)24-19/h4-6,9-11H,3,7-8,12H2,1-2H3,(H2,21,27)(H,23,26). The first kappa shape index (κ1) is 20.8. The number of carbonyl (C=O) groups excluding carboxylic acids is 2. The van der Waals surface area contributed by atoms with E-state index in [1.165, 1.54) is 11.3 Å². The number of hydrogen-bond donors (Lipinski definition) is 2. The second-order valence-corrected chi connectivity index (χ2v) is 7.45. The summed E-state index contributed by atoms with van der Waals surface area (Å²) in [5.74, 6) is -0.0616. The molecule has 0 atom stereocenters. The van der Waals surface area contributed by atoms with E-state index in [1.807, 2.05) is 36.1 Å². The van der Waals surface area contributed by atoms with E-state index in [4.69, 9.17) is 10.5 Å². The number of nitrogens with two attached hydrogens (primary N) is 1. The Kier molecular flexibility index (Phi) is 6.86. The van der Waals surface area contributed by atoms with Crippen molar-refractivity contribution in [1.29, 1.82) is 0 Å². The first-order chi connectivity index (χ1) is 14.0. The number of methoxy groups -OCH3 is 1. The van der Waals surface area contributed by atoms with Crippen LogP contribution in [0.25, 0.3) is 21.6 Å². The smallest absolute Gasteiger partial charge is 0.258 e. The predicted molar refractivity (Wildman–Crippen MR) is 114 cm³/mol. The molecule has 0 saturated heterocycles. The summed E-state index contributed by atoms with van der Waals surface area (Å²) in [6.45, 7) is 4.33. The average Bonchev–Trinajstić information content (AvgIpc) is 3.15. The van der Waals surface area contributed by atoms with Gasteiger partial charge in [-0.3, -0.25) is 14.5 Å². The molecule has 0 aliphatic carbocycles. The largest absolute Gasteiger partial charge is 0.383 e. The Morgan fingerprint density at radius 3 is 2.86 bits per heavy atom. The summed E-state index contributed by atoms with van der Waals surface area (Å²) in [7, 11) is 1.64. The summed E-state index contributed by atoms with van der Waals surface area (Å²) in [5, 5.41) is 3.68. The monoisotopic (exact) mass is 413 g/mol. The van der Waals surface area contributed by atoms with E-state index in [9.17, 15) is 9.59 Å². The van der Waals surface area contributed by atoms with E-state index >= 15 is 0 Å². The van der Waals surface area contributed by atoms with Gasteiger partial charge in [0.1, 0.15) is 4.83 Å². The average molecular weight is 414 g/mol. The Bertz CT molecular complexity index is 1020. The van der Waals surface area contributed by atoms with Crippen LogP contribution in [0.4, 0.5) is 5.69 Å². The predicted octanol–water partition coefficient (Wildman–Crippen LogP) is 2.36. The zero-order valence-electron chi connectivity index (χ0n) is 16.3. The second-order valence-electron chi connectivity index (χ2n) is 6.42. The SMILES string of the molecule is CCN(CCOC)CC(=O)Nc1cccc(-c2ncc3cc(C(N)=O)sc3n2)c1. The van der Waals surface area contributed by atoms with E-state index in [2.05, 4.69) is 15.3 Å². The molecule has 8 nitrogen and oxygen atoms in total. The van der Waals surface area contributed by atoms with Crippen LogP contribution in [0, 0.1) is 0 Å². The van der Waals surface area contributed by atoms with Crippen LogP contribution in [0.3, 0.4) is 0 Å². The number of carbonyl (C=O) groups is 2. The van der Waals surface area contributed by atoms with Gasteiger partial charge in [0.05, 0.1) is 18.0 Å². The third kappa shape index (κ3) is 5.35. The fourth-order valence-corrected chi connectivity index (χ4v) is 3.66. The van der Waals surface area contributed by atoms with Gasteiger partial charge >= 0.3 is 0 Å². The third-order valence-corrected chi connectivity index (χ3v) is 5.41. The number of rotatable bonds is 9. The second kappa shape index (κ2) is 9.55. The molecule has 0 saturated carbocycles. The molecular formula is C20H23N5O3S. The van der Waals surface area contributed by atoms with Gasteiger partial charge in [-0.05, 0) is 24.7 Å². The van der Waals surface area contributed by atoms with Crippen molar-refractivity contribution >= 4 is 39.1 Å². The summed E-state index contributed by atoms with van der Waals surface area (Å²) >= 11 is 1.23. The fourth-order valence-electron chi connectivity index (χ4n) is 2.80. The Labute approximate surface area is 172 Å².